The van der Waals surface area contributed by atoms with Crippen molar-refractivity contribution >= 4 is 16.9 Å². The van der Waals surface area contributed by atoms with Crippen LogP contribution >= 0.6 is 0 Å². The minimum absolute atomic E-state index is 0.0294. The van der Waals surface area contributed by atoms with Gasteiger partial charge in [0.15, 0.2) is 28.8 Å². The third-order valence-electron chi connectivity index (χ3n) is 5.67. The van der Waals surface area contributed by atoms with Gasteiger partial charge in [0.25, 0.3) is 0 Å². The Bertz CT molecular complexity index is 1410. The van der Waals surface area contributed by atoms with E-state index in [2.05, 4.69) is 0 Å². The molecule has 5 atom stereocenters. The Morgan fingerprint density at radius 1 is 0.919 bits per heavy atom. The fourth-order valence-corrected chi connectivity index (χ4v) is 3.72. The van der Waals surface area contributed by atoms with Gasteiger partial charge in [-0.15, -0.1) is 0 Å². The summed E-state index contributed by atoms with van der Waals surface area (Å²) in [7, 11) is 0. The zero-order valence-corrected chi connectivity index (χ0v) is 18.9. The Hall–Kier alpha value is -4.24. The number of esters is 1. The molecule has 1 aliphatic heterocycles. The number of rotatable bonds is 5. The van der Waals surface area contributed by atoms with Gasteiger partial charge in [0, 0.05) is 18.6 Å². The summed E-state index contributed by atoms with van der Waals surface area (Å²) in [5.74, 6) is -5.87. The van der Waals surface area contributed by atoms with Crippen LogP contribution in [-0.2, 0) is 14.3 Å². The van der Waals surface area contributed by atoms with E-state index in [1.807, 2.05) is 0 Å². The molecule has 0 radical (unpaired) electrons. The number of carbonyl (C=O) groups excluding carboxylic acids is 1. The summed E-state index contributed by atoms with van der Waals surface area (Å²) < 4.78 is 21.1. The van der Waals surface area contributed by atoms with E-state index < -0.39 is 99.9 Å². The van der Waals surface area contributed by atoms with Crippen LogP contribution in [0.5, 0.6) is 34.5 Å². The normalized spacial score (nSPS) is 23.6. The molecule has 1 aliphatic rings. The highest BCUT2D eigenvalue weighted by Crippen LogP contribution is 2.44. The first-order chi connectivity index (χ1) is 17.4. The van der Waals surface area contributed by atoms with Crippen LogP contribution in [0, 0.1) is 0 Å². The van der Waals surface area contributed by atoms with Crippen LogP contribution in [0.2, 0.25) is 0 Å². The van der Waals surface area contributed by atoms with E-state index in [-0.39, 0.29) is 5.56 Å². The third-order valence-corrected chi connectivity index (χ3v) is 5.67. The van der Waals surface area contributed by atoms with Crippen molar-refractivity contribution in [3.8, 4) is 45.8 Å². The lowest BCUT2D eigenvalue weighted by Gasteiger charge is -2.39. The lowest BCUT2D eigenvalue weighted by atomic mass is 9.99. The standard InChI is InChI=1S/C23H22O14/c1-7(24)34-6-13-16(28)19(31)21(33)23(37-13)36-12-5-11-14(17(29)15(12)27)18(30)20(32)22(35-11)8-2-3-9(25)10(26)4-8/h2-5,13,16,19,21,23,25-29,31-33H,6H2,1H3. The Morgan fingerprint density at radius 3 is 2.27 bits per heavy atom. The molecule has 14 heteroatoms. The molecule has 0 saturated carbocycles. The molecule has 0 aliphatic carbocycles. The van der Waals surface area contributed by atoms with Gasteiger partial charge in [-0.1, -0.05) is 0 Å². The smallest absolute Gasteiger partial charge is 0.302 e. The number of benzene rings is 2. The zero-order valence-electron chi connectivity index (χ0n) is 18.9. The topological polar surface area (TPSA) is 237 Å². The van der Waals surface area contributed by atoms with Gasteiger partial charge < -0.3 is 59.5 Å². The first-order valence-electron chi connectivity index (χ1n) is 10.7. The Labute approximate surface area is 206 Å². The number of hydrogen-bond donors (Lipinski definition) is 8. The minimum atomic E-state index is -1.87. The number of ether oxygens (including phenoxy) is 3. The van der Waals surface area contributed by atoms with E-state index >= 15 is 0 Å². The van der Waals surface area contributed by atoms with Crippen molar-refractivity contribution in [1.29, 1.82) is 0 Å². The Balaban J connectivity index is 1.75. The van der Waals surface area contributed by atoms with Gasteiger partial charge in [-0.25, -0.2) is 0 Å². The van der Waals surface area contributed by atoms with Crippen LogP contribution in [0.15, 0.2) is 33.5 Å². The number of phenolic OH excluding ortho intramolecular Hbond substituents is 4. The summed E-state index contributed by atoms with van der Waals surface area (Å²) in [5, 5.41) is 80.4. The molecular formula is C23H22O14. The minimum Gasteiger partial charge on any atom is -0.504 e. The molecule has 4 rings (SSSR count). The fourth-order valence-electron chi connectivity index (χ4n) is 3.72. The van der Waals surface area contributed by atoms with Crippen molar-refractivity contribution < 1.29 is 64.3 Å². The van der Waals surface area contributed by atoms with Crippen molar-refractivity contribution in [1.82, 2.24) is 0 Å². The Kier molecular flexibility index (Phi) is 6.75. The van der Waals surface area contributed by atoms with E-state index in [0.717, 1.165) is 25.1 Å². The summed E-state index contributed by atoms with van der Waals surface area (Å²) in [6.45, 7) is 0.593. The monoisotopic (exact) mass is 522 g/mol. The Morgan fingerprint density at radius 2 is 1.62 bits per heavy atom. The number of aliphatic hydroxyl groups is 3. The van der Waals surface area contributed by atoms with Crippen LogP contribution in [0.4, 0.5) is 0 Å². The van der Waals surface area contributed by atoms with Crippen LogP contribution in [0.1, 0.15) is 6.92 Å². The molecule has 1 fully saturated rings. The molecule has 3 aromatic rings. The van der Waals surface area contributed by atoms with Gasteiger partial charge in [0.2, 0.25) is 23.2 Å². The average molecular weight is 522 g/mol. The van der Waals surface area contributed by atoms with Crippen LogP contribution in [0.3, 0.4) is 0 Å². The molecular weight excluding hydrogens is 500 g/mol. The SMILES string of the molecule is CC(=O)OCC1OC(Oc2cc3oc(-c4ccc(O)c(O)c4)c(O)c(=O)c3c(O)c2O)C(O)C(O)C1O. The molecule has 37 heavy (non-hydrogen) atoms. The molecule has 1 aromatic heterocycles. The zero-order chi connectivity index (χ0) is 27.2. The molecule has 1 saturated heterocycles. The molecule has 2 heterocycles. The highest BCUT2D eigenvalue weighted by atomic mass is 16.7. The van der Waals surface area contributed by atoms with Gasteiger partial charge >= 0.3 is 5.97 Å². The first-order valence-corrected chi connectivity index (χ1v) is 10.7. The second-order valence-corrected chi connectivity index (χ2v) is 8.19. The maximum atomic E-state index is 12.7. The van der Waals surface area contributed by atoms with Gasteiger partial charge in [-0.3, -0.25) is 9.59 Å². The quantitative estimate of drug-likeness (QED) is 0.159. The molecule has 0 spiro atoms. The van der Waals surface area contributed by atoms with Crippen LogP contribution < -0.4 is 10.2 Å². The number of aliphatic hydroxyl groups excluding tert-OH is 3. The molecule has 14 nitrogen and oxygen atoms in total. The molecule has 0 bridgehead atoms. The summed E-state index contributed by atoms with van der Waals surface area (Å²) in [4.78, 5) is 23.8. The summed E-state index contributed by atoms with van der Waals surface area (Å²) in [6.07, 6.45) is -8.47. The molecule has 0 amide bonds. The predicted octanol–water partition coefficient (Wildman–Crippen LogP) is -0.263. The lowest BCUT2D eigenvalue weighted by molar-refractivity contribution is -0.278. The maximum absolute atomic E-state index is 12.7. The van der Waals surface area contributed by atoms with E-state index in [0.29, 0.717) is 0 Å². The maximum Gasteiger partial charge on any atom is 0.302 e. The summed E-state index contributed by atoms with van der Waals surface area (Å²) in [5.41, 5.74) is -1.60. The van der Waals surface area contributed by atoms with Gasteiger partial charge in [-0.05, 0) is 18.2 Å². The van der Waals surface area contributed by atoms with E-state index in [4.69, 9.17) is 18.6 Å². The van der Waals surface area contributed by atoms with Crippen molar-refractivity contribution in [2.75, 3.05) is 6.61 Å². The third kappa shape index (κ3) is 4.65. The number of hydrogen-bond acceptors (Lipinski definition) is 14. The average Bonchev–Trinajstić information content (AvgIpc) is 2.85. The second-order valence-electron chi connectivity index (χ2n) is 8.19. The first kappa shape index (κ1) is 25.8. The van der Waals surface area contributed by atoms with Crippen molar-refractivity contribution in [3.05, 3.63) is 34.5 Å². The van der Waals surface area contributed by atoms with Crippen LogP contribution in [0.25, 0.3) is 22.3 Å². The predicted molar refractivity (Wildman–Crippen MR) is 120 cm³/mol. The lowest BCUT2D eigenvalue weighted by Crippen LogP contribution is -2.60. The summed E-state index contributed by atoms with van der Waals surface area (Å²) >= 11 is 0. The van der Waals surface area contributed by atoms with Gasteiger partial charge in [0.05, 0.1) is 0 Å². The van der Waals surface area contributed by atoms with E-state index in [9.17, 15) is 50.4 Å². The van der Waals surface area contributed by atoms with Crippen LogP contribution in [-0.4, -0.2) is 84.1 Å². The van der Waals surface area contributed by atoms with Crippen molar-refractivity contribution in [2.45, 2.75) is 37.6 Å². The number of aromatic hydroxyl groups is 5. The fraction of sp³-hybridized carbons (Fsp3) is 0.304. The van der Waals surface area contributed by atoms with Crippen molar-refractivity contribution in [2.24, 2.45) is 0 Å². The summed E-state index contributed by atoms with van der Waals surface area (Å²) in [6, 6.07) is 4.21. The van der Waals surface area contributed by atoms with Gasteiger partial charge in [-0.2, -0.15) is 0 Å². The van der Waals surface area contributed by atoms with Gasteiger partial charge in [0.1, 0.15) is 42.0 Å². The molecule has 2 aromatic carbocycles. The number of phenols is 4. The highest BCUT2D eigenvalue weighted by molar-refractivity contribution is 5.91. The largest absolute Gasteiger partial charge is 0.504 e. The molecule has 8 N–H and O–H groups in total. The highest BCUT2D eigenvalue weighted by Gasteiger charge is 2.45. The molecule has 5 unspecified atom stereocenters. The second kappa shape index (κ2) is 9.67. The van der Waals surface area contributed by atoms with E-state index in [1.165, 1.54) is 6.07 Å². The number of fused-ring (bicyclic) bond motifs is 1. The molecule has 198 valence electrons. The van der Waals surface area contributed by atoms with Crippen molar-refractivity contribution in [3.63, 3.8) is 0 Å². The van der Waals surface area contributed by atoms with E-state index in [1.54, 1.807) is 0 Å². The number of carbonyl (C=O) groups is 1.